The zero-order valence-corrected chi connectivity index (χ0v) is 17.9. The third-order valence-corrected chi connectivity index (χ3v) is 5.49. The molecule has 34 heavy (non-hydrogen) atoms. The standard InChI is InChI=1S/C21H23F6N3O4/c1-13(28-18(31)12-33-16-4-2-14(3-5-16)20(22,23)24)6-7-29-8-9-30(19(29)32)15-10-17(11-15)34-21(25,26)27/h2-5,15,17H,1,6-12H2,(H,28,31). The normalized spacial score (nSPS) is 20.8. The van der Waals surface area contributed by atoms with Crippen molar-refractivity contribution in [3.05, 3.63) is 42.1 Å². The van der Waals surface area contributed by atoms with E-state index in [1.54, 1.807) is 0 Å². The van der Waals surface area contributed by atoms with Gasteiger partial charge in [0.05, 0.1) is 11.7 Å². The van der Waals surface area contributed by atoms with E-state index in [2.05, 4.69) is 16.6 Å². The van der Waals surface area contributed by atoms with E-state index < -0.39 is 36.7 Å². The molecule has 1 saturated carbocycles. The Hall–Kier alpha value is -2.96. The lowest BCUT2D eigenvalue weighted by molar-refractivity contribution is -0.353. The molecule has 1 aliphatic heterocycles. The zero-order valence-electron chi connectivity index (χ0n) is 17.9. The largest absolute Gasteiger partial charge is 0.522 e. The number of halogens is 6. The zero-order chi connectivity index (χ0) is 25.1. The van der Waals surface area contributed by atoms with Gasteiger partial charge in [-0.2, -0.15) is 13.2 Å². The van der Waals surface area contributed by atoms with Crippen molar-refractivity contribution >= 4 is 11.9 Å². The Kier molecular flexibility index (Phi) is 7.64. The summed E-state index contributed by atoms with van der Waals surface area (Å²) < 4.78 is 83.5. The highest BCUT2D eigenvalue weighted by Gasteiger charge is 2.45. The van der Waals surface area contributed by atoms with Crippen molar-refractivity contribution in [2.45, 2.75) is 43.9 Å². The highest BCUT2D eigenvalue weighted by molar-refractivity contribution is 5.79. The molecular formula is C21H23F6N3O4. The first kappa shape index (κ1) is 25.7. The van der Waals surface area contributed by atoms with Crippen molar-refractivity contribution in [1.82, 2.24) is 15.1 Å². The first-order chi connectivity index (χ1) is 15.8. The average molecular weight is 495 g/mol. The predicted molar refractivity (Wildman–Crippen MR) is 106 cm³/mol. The topological polar surface area (TPSA) is 71.1 Å². The summed E-state index contributed by atoms with van der Waals surface area (Å²) in [6, 6.07) is 3.31. The first-order valence-corrected chi connectivity index (χ1v) is 10.4. The predicted octanol–water partition coefficient (Wildman–Crippen LogP) is 3.91. The molecule has 0 spiro atoms. The maximum atomic E-state index is 12.6. The van der Waals surface area contributed by atoms with Gasteiger partial charge in [-0.3, -0.25) is 9.53 Å². The van der Waals surface area contributed by atoms with Gasteiger partial charge >= 0.3 is 18.6 Å². The van der Waals surface area contributed by atoms with Crippen LogP contribution in [0.2, 0.25) is 0 Å². The van der Waals surface area contributed by atoms with Crippen LogP contribution >= 0.6 is 0 Å². The number of nitrogens with one attached hydrogen (secondary N) is 1. The van der Waals surface area contributed by atoms with Gasteiger partial charge < -0.3 is 19.9 Å². The monoisotopic (exact) mass is 495 g/mol. The van der Waals surface area contributed by atoms with Crippen LogP contribution in [0.25, 0.3) is 0 Å². The number of rotatable bonds is 9. The summed E-state index contributed by atoms with van der Waals surface area (Å²) in [5.41, 5.74) is -0.519. The second kappa shape index (κ2) is 10.1. The molecule has 3 amide bonds. The summed E-state index contributed by atoms with van der Waals surface area (Å²) in [6.07, 6.45) is -9.60. The lowest BCUT2D eigenvalue weighted by Gasteiger charge is -2.40. The number of carbonyl (C=O) groups is 2. The molecule has 1 N–H and O–H groups in total. The number of amides is 3. The van der Waals surface area contributed by atoms with Crippen LogP contribution < -0.4 is 10.1 Å². The summed E-state index contributed by atoms with van der Waals surface area (Å²) in [5, 5.41) is 2.50. The third-order valence-electron chi connectivity index (χ3n) is 5.49. The number of hydrogen-bond donors (Lipinski definition) is 1. The molecule has 0 bridgehead atoms. The van der Waals surface area contributed by atoms with Gasteiger partial charge in [-0.1, -0.05) is 6.58 Å². The smallest absolute Gasteiger partial charge is 0.484 e. The number of ether oxygens (including phenoxy) is 2. The van der Waals surface area contributed by atoms with Gasteiger partial charge in [-0.05, 0) is 37.1 Å². The number of alkyl halides is 6. The van der Waals surface area contributed by atoms with Crippen LogP contribution in [-0.2, 0) is 15.7 Å². The second-order valence-corrected chi connectivity index (χ2v) is 7.99. The SMILES string of the molecule is C=C(CCN1CCN(C2CC(OC(F)(F)F)C2)C1=O)NC(=O)COc1ccc(C(F)(F)F)cc1. The molecule has 0 unspecified atom stereocenters. The maximum absolute atomic E-state index is 12.6. The molecule has 188 valence electrons. The minimum absolute atomic E-state index is 0.0929. The van der Waals surface area contributed by atoms with Gasteiger partial charge in [0.15, 0.2) is 6.61 Å². The molecular weight excluding hydrogens is 472 g/mol. The van der Waals surface area contributed by atoms with E-state index in [0.717, 1.165) is 24.3 Å². The third kappa shape index (κ3) is 7.02. The fraction of sp³-hybridized carbons (Fsp3) is 0.524. The van der Waals surface area contributed by atoms with Crippen molar-refractivity contribution in [2.75, 3.05) is 26.2 Å². The van der Waals surface area contributed by atoms with E-state index in [9.17, 15) is 35.9 Å². The van der Waals surface area contributed by atoms with Crippen molar-refractivity contribution in [2.24, 2.45) is 0 Å². The van der Waals surface area contributed by atoms with E-state index in [1.165, 1.54) is 9.80 Å². The number of nitrogens with zero attached hydrogens (tertiary/aromatic N) is 2. The number of urea groups is 1. The Labute approximate surface area is 191 Å². The van der Waals surface area contributed by atoms with Crippen molar-refractivity contribution in [3.8, 4) is 5.75 Å². The lowest BCUT2D eigenvalue weighted by atomic mass is 9.88. The quantitative estimate of drug-likeness (QED) is 0.528. The Balaban J connectivity index is 1.34. The molecule has 1 aromatic rings. The maximum Gasteiger partial charge on any atom is 0.522 e. The van der Waals surface area contributed by atoms with Crippen LogP contribution in [0.3, 0.4) is 0 Å². The van der Waals surface area contributed by atoms with Gasteiger partial charge in [0.1, 0.15) is 5.75 Å². The Bertz CT molecular complexity index is 897. The minimum Gasteiger partial charge on any atom is -0.484 e. The Morgan fingerprint density at radius 2 is 1.74 bits per heavy atom. The molecule has 0 radical (unpaired) electrons. The number of hydrogen-bond acceptors (Lipinski definition) is 4. The Morgan fingerprint density at radius 1 is 1.09 bits per heavy atom. The molecule has 1 saturated heterocycles. The lowest BCUT2D eigenvalue weighted by Crippen LogP contribution is -2.50. The molecule has 2 aliphatic rings. The van der Waals surface area contributed by atoms with E-state index in [0.29, 0.717) is 18.8 Å². The second-order valence-electron chi connectivity index (χ2n) is 7.99. The first-order valence-electron chi connectivity index (χ1n) is 10.4. The highest BCUT2D eigenvalue weighted by Crippen LogP contribution is 2.35. The van der Waals surface area contributed by atoms with E-state index in [1.807, 2.05) is 0 Å². The van der Waals surface area contributed by atoms with E-state index in [4.69, 9.17) is 4.74 Å². The molecule has 1 aromatic carbocycles. The van der Waals surface area contributed by atoms with Gasteiger partial charge in [-0.25, -0.2) is 4.79 Å². The highest BCUT2D eigenvalue weighted by atomic mass is 19.4. The Morgan fingerprint density at radius 3 is 2.32 bits per heavy atom. The molecule has 2 fully saturated rings. The summed E-state index contributed by atoms with van der Waals surface area (Å²) in [4.78, 5) is 27.5. The van der Waals surface area contributed by atoms with Gasteiger partial charge in [-0.15, -0.1) is 13.2 Å². The van der Waals surface area contributed by atoms with Crippen LogP contribution in [0, 0.1) is 0 Å². The molecule has 0 aromatic heterocycles. The van der Waals surface area contributed by atoms with Crippen LogP contribution in [0.4, 0.5) is 31.1 Å². The van der Waals surface area contributed by atoms with Crippen LogP contribution in [0.1, 0.15) is 24.8 Å². The fourth-order valence-electron chi connectivity index (χ4n) is 3.68. The van der Waals surface area contributed by atoms with Crippen LogP contribution in [0.15, 0.2) is 36.5 Å². The molecule has 1 aliphatic carbocycles. The van der Waals surface area contributed by atoms with Crippen molar-refractivity contribution in [3.63, 3.8) is 0 Å². The molecule has 0 atom stereocenters. The van der Waals surface area contributed by atoms with Crippen molar-refractivity contribution < 1.29 is 45.4 Å². The van der Waals surface area contributed by atoms with Crippen LogP contribution in [0.5, 0.6) is 5.75 Å². The summed E-state index contributed by atoms with van der Waals surface area (Å²) in [5.74, 6) is -0.472. The number of benzene rings is 1. The fourth-order valence-corrected chi connectivity index (χ4v) is 3.68. The van der Waals surface area contributed by atoms with Crippen LogP contribution in [-0.4, -0.2) is 66.5 Å². The summed E-state index contributed by atoms with van der Waals surface area (Å²) >= 11 is 0. The molecule has 13 heteroatoms. The van der Waals surface area contributed by atoms with Gasteiger partial charge in [0.25, 0.3) is 5.91 Å². The summed E-state index contributed by atoms with van der Waals surface area (Å²) in [6.45, 7) is 4.32. The summed E-state index contributed by atoms with van der Waals surface area (Å²) in [7, 11) is 0. The average Bonchev–Trinajstić information content (AvgIpc) is 3.06. The molecule has 7 nitrogen and oxygen atoms in total. The van der Waals surface area contributed by atoms with E-state index >= 15 is 0 Å². The van der Waals surface area contributed by atoms with Gasteiger partial charge in [0, 0.05) is 37.8 Å². The minimum atomic E-state index is -4.69. The van der Waals surface area contributed by atoms with E-state index in [-0.39, 0.29) is 43.6 Å². The van der Waals surface area contributed by atoms with Crippen molar-refractivity contribution in [1.29, 1.82) is 0 Å². The molecule has 3 rings (SSSR count). The number of carbonyl (C=O) groups excluding carboxylic acids is 2. The van der Waals surface area contributed by atoms with Gasteiger partial charge in [0.2, 0.25) is 0 Å². The molecule has 1 heterocycles.